The van der Waals surface area contributed by atoms with E-state index >= 15 is 0 Å². The maximum absolute atomic E-state index is 12.3. The van der Waals surface area contributed by atoms with E-state index in [1.165, 1.54) is 11.1 Å². The molecule has 3 aromatic carbocycles. The van der Waals surface area contributed by atoms with Gasteiger partial charge in [-0.15, -0.1) is 0 Å². The molecule has 0 unspecified atom stereocenters. The molecule has 40 heavy (non-hydrogen) atoms. The second kappa shape index (κ2) is 11.7. The zero-order valence-electron chi connectivity index (χ0n) is 23.2. The van der Waals surface area contributed by atoms with Gasteiger partial charge in [0.2, 0.25) is 0 Å². The smallest absolute Gasteiger partial charge is 0.307 e. The lowest BCUT2D eigenvalue weighted by atomic mass is 9.64. The van der Waals surface area contributed by atoms with Crippen LogP contribution in [0.1, 0.15) is 42.4 Å². The molecule has 3 fully saturated rings. The largest absolute Gasteiger partial charge is 0.497 e. The third-order valence-corrected chi connectivity index (χ3v) is 9.39. The number of piperidine rings is 1. The average Bonchev–Trinajstić information content (AvgIpc) is 3.37. The Hall–Kier alpha value is -3.19. The molecule has 2 saturated heterocycles. The Morgan fingerprint density at radius 1 is 0.875 bits per heavy atom. The van der Waals surface area contributed by atoms with Crippen molar-refractivity contribution in [1.29, 1.82) is 0 Å². The van der Waals surface area contributed by atoms with Crippen molar-refractivity contribution >= 4 is 5.97 Å². The van der Waals surface area contributed by atoms with Crippen LogP contribution < -0.4 is 4.74 Å². The SMILES string of the molecule is COc1ccc(C[C@H]2[C@@H](OCc3ccccc3)[C@H]3C[C@@]4(CC[C@@H]3OCc3ccccc3)C[C@H](C(=O)O)CN24)cc1. The van der Waals surface area contributed by atoms with E-state index in [1.807, 2.05) is 48.5 Å². The molecule has 1 N–H and O–H groups in total. The van der Waals surface area contributed by atoms with Crippen molar-refractivity contribution in [3.8, 4) is 5.75 Å². The Morgan fingerprint density at radius 3 is 2.15 bits per heavy atom. The van der Waals surface area contributed by atoms with Crippen LogP contribution in [0.3, 0.4) is 0 Å². The number of benzene rings is 3. The third kappa shape index (κ3) is 5.53. The third-order valence-electron chi connectivity index (χ3n) is 9.39. The molecule has 1 aliphatic carbocycles. The number of aliphatic carboxylic acids is 1. The van der Waals surface area contributed by atoms with Crippen LogP contribution in [0, 0.1) is 11.8 Å². The standard InChI is InChI=1S/C34H39NO5/c1-38-28-14-12-24(13-15-28)18-30-32(40-23-26-10-6-3-7-11-26)29-20-34(19-27(33(36)37)21-35(30)34)17-16-31(29)39-22-25-8-4-2-5-9-25/h2-15,27,29-32H,16-23H2,1H3,(H,36,37)/t27-,29-,30-,31-,32-,34+/m0/s1. The summed E-state index contributed by atoms with van der Waals surface area (Å²) in [6, 6.07) is 29.0. The van der Waals surface area contributed by atoms with Crippen molar-refractivity contribution in [3.05, 3.63) is 102 Å². The molecule has 2 aliphatic heterocycles. The number of nitrogens with zero attached hydrogens (tertiary/aromatic N) is 1. The Bertz CT molecular complexity index is 1270. The van der Waals surface area contributed by atoms with Gasteiger partial charge in [0.1, 0.15) is 5.75 Å². The number of ether oxygens (including phenoxy) is 3. The molecule has 6 heteroatoms. The molecule has 3 aliphatic rings. The van der Waals surface area contributed by atoms with Crippen LogP contribution in [0.2, 0.25) is 0 Å². The van der Waals surface area contributed by atoms with E-state index in [9.17, 15) is 9.90 Å². The highest BCUT2D eigenvalue weighted by atomic mass is 16.5. The van der Waals surface area contributed by atoms with Crippen molar-refractivity contribution < 1.29 is 24.1 Å². The van der Waals surface area contributed by atoms with Crippen molar-refractivity contribution in [2.45, 2.75) is 69.1 Å². The lowest BCUT2D eigenvalue weighted by Gasteiger charge is -2.58. The normalized spacial score (nSPS) is 29.6. The monoisotopic (exact) mass is 541 g/mol. The first kappa shape index (κ1) is 27.0. The molecule has 1 spiro atoms. The van der Waals surface area contributed by atoms with Crippen molar-refractivity contribution in [3.63, 3.8) is 0 Å². The summed E-state index contributed by atoms with van der Waals surface area (Å²) in [5, 5.41) is 10.1. The summed E-state index contributed by atoms with van der Waals surface area (Å²) in [5.41, 5.74) is 3.40. The number of hydrogen-bond donors (Lipinski definition) is 1. The lowest BCUT2D eigenvalue weighted by molar-refractivity contribution is -0.184. The summed E-state index contributed by atoms with van der Waals surface area (Å²) in [6.45, 7) is 1.67. The summed E-state index contributed by atoms with van der Waals surface area (Å²) in [5.74, 6) is -0.0197. The molecular weight excluding hydrogens is 502 g/mol. The first-order valence-electron chi connectivity index (χ1n) is 14.5. The molecule has 6 nitrogen and oxygen atoms in total. The van der Waals surface area contributed by atoms with E-state index in [2.05, 4.69) is 41.3 Å². The topological polar surface area (TPSA) is 68.2 Å². The zero-order chi connectivity index (χ0) is 27.5. The van der Waals surface area contributed by atoms with Crippen molar-refractivity contribution in [1.82, 2.24) is 4.90 Å². The predicted octanol–water partition coefficient (Wildman–Crippen LogP) is 5.74. The van der Waals surface area contributed by atoms with Crippen molar-refractivity contribution in [2.75, 3.05) is 13.7 Å². The Balaban J connectivity index is 1.33. The molecule has 0 radical (unpaired) electrons. The quantitative estimate of drug-likeness (QED) is 0.353. The molecular formula is C34H39NO5. The van der Waals surface area contributed by atoms with Gasteiger partial charge in [0.15, 0.2) is 0 Å². The number of hydrogen-bond acceptors (Lipinski definition) is 5. The molecule has 6 rings (SSSR count). The summed E-state index contributed by atoms with van der Waals surface area (Å²) in [6.07, 6.45) is 4.26. The van der Waals surface area contributed by atoms with Gasteiger partial charge >= 0.3 is 5.97 Å². The molecule has 1 saturated carbocycles. The fraction of sp³-hybridized carbons (Fsp3) is 0.441. The molecule has 0 amide bonds. The van der Waals surface area contributed by atoms with Gasteiger partial charge in [-0.2, -0.15) is 0 Å². The van der Waals surface area contributed by atoms with E-state index in [0.717, 1.165) is 37.0 Å². The first-order chi connectivity index (χ1) is 19.5. The minimum Gasteiger partial charge on any atom is -0.497 e. The average molecular weight is 542 g/mol. The number of rotatable bonds is 10. The van der Waals surface area contributed by atoms with Gasteiger partial charge < -0.3 is 19.3 Å². The highest BCUT2D eigenvalue weighted by molar-refractivity contribution is 5.71. The van der Waals surface area contributed by atoms with Gasteiger partial charge in [-0.05, 0) is 60.9 Å². The highest BCUT2D eigenvalue weighted by Gasteiger charge is 2.60. The first-order valence-corrected chi connectivity index (χ1v) is 14.5. The molecule has 0 aromatic heterocycles. The number of carbonyl (C=O) groups is 1. The van der Waals surface area contributed by atoms with Crippen LogP contribution in [0.25, 0.3) is 0 Å². The van der Waals surface area contributed by atoms with Gasteiger partial charge in [0.25, 0.3) is 0 Å². The highest BCUT2D eigenvalue weighted by Crippen LogP contribution is 2.54. The molecule has 6 atom stereocenters. The molecule has 2 bridgehead atoms. The summed E-state index contributed by atoms with van der Waals surface area (Å²) in [4.78, 5) is 14.8. The van der Waals surface area contributed by atoms with Crippen LogP contribution in [-0.4, -0.2) is 53.4 Å². The predicted molar refractivity (Wildman–Crippen MR) is 153 cm³/mol. The second-order valence-corrected chi connectivity index (χ2v) is 11.7. The van der Waals surface area contributed by atoms with Gasteiger partial charge in [0, 0.05) is 24.0 Å². The van der Waals surface area contributed by atoms with E-state index in [4.69, 9.17) is 14.2 Å². The molecule has 3 aromatic rings. The van der Waals surface area contributed by atoms with Gasteiger partial charge in [-0.25, -0.2) is 0 Å². The fourth-order valence-electron chi connectivity index (χ4n) is 7.47. The minimum absolute atomic E-state index is 0.0586. The Kier molecular flexibility index (Phi) is 7.92. The number of methoxy groups -OCH3 is 1. The van der Waals surface area contributed by atoms with Crippen LogP contribution in [0.4, 0.5) is 0 Å². The van der Waals surface area contributed by atoms with Crippen molar-refractivity contribution in [2.24, 2.45) is 11.8 Å². The summed E-state index contributed by atoms with van der Waals surface area (Å²) in [7, 11) is 1.68. The van der Waals surface area contributed by atoms with Gasteiger partial charge in [-0.1, -0.05) is 72.8 Å². The van der Waals surface area contributed by atoms with Gasteiger partial charge in [0.05, 0.1) is 38.4 Å². The minimum atomic E-state index is -0.687. The van der Waals surface area contributed by atoms with Gasteiger partial charge in [-0.3, -0.25) is 9.69 Å². The summed E-state index contributed by atoms with van der Waals surface area (Å²) < 4.78 is 18.9. The fourth-order valence-corrected chi connectivity index (χ4v) is 7.47. The lowest BCUT2D eigenvalue weighted by Crippen LogP contribution is -2.67. The van der Waals surface area contributed by atoms with Crippen LogP contribution >= 0.6 is 0 Å². The van der Waals surface area contributed by atoms with Crippen LogP contribution in [0.5, 0.6) is 5.75 Å². The number of carboxylic acid groups (broad SMARTS) is 1. The Labute approximate surface area is 236 Å². The van der Waals surface area contributed by atoms with E-state index in [0.29, 0.717) is 26.2 Å². The Morgan fingerprint density at radius 2 is 1.52 bits per heavy atom. The maximum Gasteiger partial charge on any atom is 0.307 e. The maximum atomic E-state index is 12.3. The summed E-state index contributed by atoms with van der Waals surface area (Å²) >= 11 is 0. The van der Waals surface area contributed by atoms with Crippen LogP contribution in [-0.2, 0) is 33.9 Å². The van der Waals surface area contributed by atoms with E-state index < -0.39 is 5.97 Å². The molecule has 2 heterocycles. The second-order valence-electron chi connectivity index (χ2n) is 11.7. The number of fused-ring (bicyclic) bond motifs is 1. The molecule has 210 valence electrons. The number of carboxylic acids is 1. The van der Waals surface area contributed by atoms with Crippen LogP contribution in [0.15, 0.2) is 84.9 Å². The zero-order valence-corrected chi connectivity index (χ0v) is 23.2. The van der Waals surface area contributed by atoms with E-state index in [1.54, 1.807) is 7.11 Å². The van der Waals surface area contributed by atoms with E-state index in [-0.39, 0.29) is 35.6 Å².